The quantitative estimate of drug-likeness (QED) is 0.438. The van der Waals surface area contributed by atoms with Crippen molar-refractivity contribution in [1.82, 2.24) is 24.4 Å². The van der Waals surface area contributed by atoms with Gasteiger partial charge in [-0.15, -0.1) is 0 Å². The van der Waals surface area contributed by atoms with Gasteiger partial charge in [0.25, 0.3) is 0 Å². The van der Waals surface area contributed by atoms with Gasteiger partial charge in [0.05, 0.1) is 20.1 Å². The first-order chi connectivity index (χ1) is 14.5. The Kier molecular flexibility index (Phi) is 7.67. The highest BCUT2D eigenvalue weighted by atomic mass is 16.5. The van der Waals surface area contributed by atoms with Crippen molar-refractivity contribution in [3.05, 3.63) is 10.5 Å². The van der Waals surface area contributed by atoms with Crippen molar-refractivity contribution >= 4 is 23.0 Å². The minimum absolute atomic E-state index is 0.171. The largest absolute Gasteiger partial charge is 0.469 e. The SMILES string of the molecule is CCCCOc1nc(N)c2[nH]c(=O)n(CCC3CCN(CCC(=O)OC)CC3)c2n1. The molecule has 0 aromatic carbocycles. The maximum atomic E-state index is 12.5. The van der Waals surface area contributed by atoms with E-state index in [4.69, 9.17) is 15.2 Å². The fourth-order valence-corrected chi connectivity index (χ4v) is 3.77. The van der Waals surface area contributed by atoms with Crippen LogP contribution in [0, 0.1) is 5.92 Å². The number of hydrogen-bond donors (Lipinski definition) is 2. The topological polar surface area (TPSA) is 128 Å². The van der Waals surface area contributed by atoms with E-state index in [1.807, 2.05) is 0 Å². The molecule has 0 unspecified atom stereocenters. The fraction of sp³-hybridized carbons (Fsp3) is 0.700. The Balaban J connectivity index is 1.59. The van der Waals surface area contributed by atoms with Crippen LogP contribution >= 0.6 is 0 Å². The molecule has 0 saturated carbocycles. The van der Waals surface area contributed by atoms with E-state index in [2.05, 4.69) is 26.8 Å². The molecule has 30 heavy (non-hydrogen) atoms. The first-order valence-corrected chi connectivity index (χ1v) is 10.7. The summed E-state index contributed by atoms with van der Waals surface area (Å²) in [4.78, 5) is 37.4. The average Bonchev–Trinajstić information content (AvgIpc) is 3.07. The number of piperidine rings is 1. The molecule has 10 nitrogen and oxygen atoms in total. The predicted molar refractivity (Wildman–Crippen MR) is 113 cm³/mol. The van der Waals surface area contributed by atoms with Gasteiger partial charge in [0.1, 0.15) is 5.52 Å². The van der Waals surface area contributed by atoms with Gasteiger partial charge in [-0.25, -0.2) is 4.79 Å². The Bertz CT molecular complexity index is 901. The zero-order valence-corrected chi connectivity index (χ0v) is 17.9. The molecule has 0 amide bonds. The lowest BCUT2D eigenvalue weighted by atomic mass is 9.93. The van der Waals surface area contributed by atoms with Gasteiger partial charge in [0, 0.05) is 13.1 Å². The molecule has 10 heteroatoms. The summed E-state index contributed by atoms with van der Waals surface area (Å²) in [6, 6.07) is 0.208. The number of fused-ring (bicyclic) bond motifs is 1. The van der Waals surface area contributed by atoms with Crippen LogP contribution in [0.25, 0.3) is 11.2 Å². The summed E-state index contributed by atoms with van der Waals surface area (Å²) in [5.74, 6) is 0.576. The number of esters is 1. The normalized spacial score (nSPS) is 15.5. The van der Waals surface area contributed by atoms with Gasteiger partial charge < -0.3 is 25.1 Å². The number of H-pyrrole nitrogens is 1. The smallest absolute Gasteiger partial charge is 0.327 e. The number of methoxy groups -OCH3 is 1. The predicted octanol–water partition coefficient (Wildman–Crippen LogP) is 1.55. The van der Waals surface area contributed by atoms with Gasteiger partial charge in [0.2, 0.25) is 0 Å². The maximum absolute atomic E-state index is 12.5. The molecule has 3 rings (SSSR count). The number of rotatable bonds is 10. The summed E-state index contributed by atoms with van der Waals surface area (Å²) >= 11 is 0. The zero-order chi connectivity index (χ0) is 21.5. The number of imidazole rings is 1. The number of nitrogens with two attached hydrogens (primary N) is 1. The molecule has 3 heterocycles. The minimum atomic E-state index is -0.229. The van der Waals surface area contributed by atoms with Crippen LogP contribution in [0.5, 0.6) is 6.01 Å². The molecular formula is C20H32N6O4. The number of unbranched alkanes of at least 4 members (excludes halogenated alkanes) is 1. The molecular weight excluding hydrogens is 388 g/mol. The first-order valence-electron chi connectivity index (χ1n) is 10.7. The summed E-state index contributed by atoms with van der Waals surface area (Å²) in [5, 5.41) is 0. The lowest BCUT2D eigenvalue weighted by molar-refractivity contribution is -0.141. The average molecular weight is 421 g/mol. The van der Waals surface area contributed by atoms with Crippen LogP contribution in [-0.2, 0) is 16.1 Å². The van der Waals surface area contributed by atoms with Gasteiger partial charge in [0.15, 0.2) is 11.5 Å². The number of aromatic nitrogens is 4. The van der Waals surface area contributed by atoms with Crippen molar-refractivity contribution in [1.29, 1.82) is 0 Å². The van der Waals surface area contributed by atoms with Gasteiger partial charge in [-0.2, -0.15) is 9.97 Å². The van der Waals surface area contributed by atoms with Gasteiger partial charge in [-0.05, 0) is 44.7 Å². The van der Waals surface area contributed by atoms with E-state index in [0.29, 0.717) is 36.7 Å². The molecule has 2 aromatic heterocycles. The van der Waals surface area contributed by atoms with Crippen molar-refractivity contribution < 1.29 is 14.3 Å². The van der Waals surface area contributed by atoms with Crippen molar-refractivity contribution in [2.75, 3.05) is 39.1 Å². The highest BCUT2D eigenvalue weighted by Crippen LogP contribution is 2.23. The number of carbonyl (C=O) groups is 1. The summed E-state index contributed by atoms with van der Waals surface area (Å²) in [6.45, 7) is 5.80. The third kappa shape index (κ3) is 5.50. The second-order valence-corrected chi connectivity index (χ2v) is 7.77. The Morgan fingerprint density at radius 1 is 1.27 bits per heavy atom. The summed E-state index contributed by atoms with van der Waals surface area (Å²) in [6.07, 6.45) is 5.30. The van der Waals surface area contributed by atoms with Crippen molar-refractivity contribution in [2.45, 2.75) is 52.0 Å². The molecule has 0 bridgehead atoms. The number of nitrogen functional groups attached to an aromatic ring is 1. The molecule has 2 aromatic rings. The molecule has 0 spiro atoms. The number of carbonyl (C=O) groups excluding carboxylic acids is 1. The Labute approximate surface area is 175 Å². The number of likely N-dealkylation sites (tertiary alicyclic amines) is 1. The van der Waals surface area contributed by atoms with E-state index in [9.17, 15) is 9.59 Å². The fourth-order valence-electron chi connectivity index (χ4n) is 3.77. The zero-order valence-electron chi connectivity index (χ0n) is 17.9. The van der Waals surface area contributed by atoms with Crippen LogP contribution in [0.1, 0.15) is 45.4 Å². The van der Waals surface area contributed by atoms with E-state index < -0.39 is 0 Å². The van der Waals surface area contributed by atoms with E-state index >= 15 is 0 Å². The van der Waals surface area contributed by atoms with E-state index in [1.165, 1.54) is 7.11 Å². The number of ether oxygens (including phenoxy) is 2. The number of aromatic amines is 1. The molecule has 1 fully saturated rings. The van der Waals surface area contributed by atoms with E-state index in [-0.39, 0.29) is 23.5 Å². The number of aryl methyl sites for hydroxylation is 1. The molecule has 1 aliphatic rings. The van der Waals surface area contributed by atoms with Crippen molar-refractivity contribution in [2.24, 2.45) is 5.92 Å². The third-order valence-corrected chi connectivity index (χ3v) is 5.69. The Hall–Kier alpha value is -2.62. The van der Waals surface area contributed by atoms with Crippen LogP contribution < -0.4 is 16.2 Å². The van der Waals surface area contributed by atoms with Crippen LogP contribution in [0.3, 0.4) is 0 Å². The minimum Gasteiger partial charge on any atom is -0.469 e. The summed E-state index contributed by atoms with van der Waals surface area (Å²) in [7, 11) is 1.42. The first kappa shape index (κ1) is 22.1. The number of hydrogen-bond acceptors (Lipinski definition) is 8. The molecule has 1 aliphatic heterocycles. The standard InChI is InChI=1S/C20H32N6O4/c1-3-4-13-30-19-23-17(21)16-18(24-19)26(20(28)22-16)12-7-14-5-9-25(10-6-14)11-8-15(27)29-2/h14H,3-13H2,1-2H3,(H,22,28)(H2,21,23,24). The van der Waals surface area contributed by atoms with Crippen LogP contribution in [0.2, 0.25) is 0 Å². The molecule has 0 atom stereocenters. The third-order valence-electron chi connectivity index (χ3n) is 5.69. The van der Waals surface area contributed by atoms with Gasteiger partial charge in [-0.3, -0.25) is 9.36 Å². The number of anilines is 1. The summed E-state index contributed by atoms with van der Waals surface area (Å²) < 4.78 is 11.9. The van der Waals surface area contributed by atoms with Gasteiger partial charge >= 0.3 is 17.7 Å². The molecule has 0 aliphatic carbocycles. The molecule has 3 N–H and O–H groups in total. The van der Waals surface area contributed by atoms with Crippen molar-refractivity contribution in [3.63, 3.8) is 0 Å². The van der Waals surface area contributed by atoms with E-state index in [1.54, 1.807) is 4.57 Å². The van der Waals surface area contributed by atoms with Crippen molar-refractivity contribution in [3.8, 4) is 6.01 Å². The number of nitrogens with zero attached hydrogens (tertiary/aromatic N) is 4. The highest BCUT2D eigenvalue weighted by molar-refractivity contribution is 5.81. The summed E-state index contributed by atoms with van der Waals surface area (Å²) in [5.41, 5.74) is 6.73. The lowest BCUT2D eigenvalue weighted by Gasteiger charge is -2.31. The number of nitrogens with one attached hydrogen (secondary N) is 1. The van der Waals surface area contributed by atoms with Crippen LogP contribution in [0.15, 0.2) is 4.79 Å². The molecule has 166 valence electrons. The maximum Gasteiger partial charge on any atom is 0.327 e. The Morgan fingerprint density at radius 2 is 2.03 bits per heavy atom. The molecule has 0 radical (unpaired) electrons. The Morgan fingerprint density at radius 3 is 2.73 bits per heavy atom. The lowest BCUT2D eigenvalue weighted by Crippen LogP contribution is -2.35. The highest BCUT2D eigenvalue weighted by Gasteiger charge is 2.21. The van der Waals surface area contributed by atoms with Crippen LogP contribution in [0.4, 0.5) is 5.82 Å². The monoisotopic (exact) mass is 420 g/mol. The van der Waals surface area contributed by atoms with Gasteiger partial charge in [-0.1, -0.05) is 13.3 Å². The second kappa shape index (κ2) is 10.4. The van der Waals surface area contributed by atoms with E-state index in [0.717, 1.165) is 51.7 Å². The van der Waals surface area contributed by atoms with Crippen LogP contribution in [-0.4, -0.2) is 63.7 Å². The second-order valence-electron chi connectivity index (χ2n) is 7.77. The molecule has 1 saturated heterocycles.